The first-order valence-corrected chi connectivity index (χ1v) is 11.8. The van der Waals surface area contributed by atoms with Crippen LogP contribution in [0.2, 0.25) is 0 Å². The lowest BCUT2D eigenvalue weighted by molar-refractivity contribution is -0.127. The normalized spacial score (nSPS) is 17.8. The molecule has 0 N–H and O–H groups in total. The molecule has 176 valence electrons. The number of aromatic nitrogens is 1. The predicted molar refractivity (Wildman–Crippen MR) is 132 cm³/mol. The van der Waals surface area contributed by atoms with E-state index < -0.39 is 17.3 Å². The second-order valence-electron chi connectivity index (χ2n) is 8.14. The van der Waals surface area contributed by atoms with Crippen LogP contribution in [0.3, 0.4) is 0 Å². The third-order valence-corrected chi connectivity index (χ3v) is 6.91. The predicted octanol–water partition coefficient (Wildman–Crippen LogP) is 4.06. The quantitative estimate of drug-likeness (QED) is 0.475. The Kier molecular flexibility index (Phi) is 7.49. The van der Waals surface area contributed by atoms with Crippen LogP contribution < -0.4 is 9.64 Å². The fourth-order valence-electron chi connectivity index (χ4n) is 3.73. The van der Waals surface area contributed by atoms with Gasteiger partial charge in [0.05, 0.1) is 23.6 Å². The van der Waals surface area contributed by atoms with E-state index in [-0.39, 0.29) is 5.91 Å². The van der Waals surface area contributed by atoms with Crippen LogP contribution in [0.5, 0.6) is 5.75 Å². The summed E-state index contributed by atoms with van der Waals surface area (Å²) in [7, 11) is 5.53. The first kappa shape index (κ1) is 23.8. The first-order chi connectivity index (χ1) is 16.5. The number of nitrogens with zero attached hydrogens (tertiary/aromatic N) is 3. The van der Waals surface area contributed by atoms with Crippen LogP contribution in [0.15, 0.2) is 78.0 Å². The number of pyridine rings is 1. The number of likely N-dealkylation sites (N-methyl/N-ethyl adjacent to an activating group) is 1. The van der Waals surface area contributed by atoms with Gasteiger partial charge in [0, 0.05) is 30.4 Å². The first-order valence-electron chi connectivity index (χ1n) is 10.9. The van der Waals surface area contributed by atoms with Crippen LogP contribution in [0.25, 0.3) is 0 Å². The number of ether oxygens (including phenoxy) is 2. The number of hydrogen-bond acceptors (Lipinski definition) is 7. The topological polar surface area (TPSA) is 72.0 Å². The molecule has 3 aromatic rings. The number of fused-ring (bicyclic) bond motifs is 1. The standard InChI is InChI=1S/C26H27N3O4S/c1-28(2)15-16-29-21-8-4-5-9-22(21)34-24(18-10-12-20(32-3)13-11-18)23(25(29)30)33-26(31)19-7-6-14-27-17-19/h4-14,17,23-24H,15-16H2,1-3H3/t23-,24+/m1/s1. The zero-order chi connectivity index (χ0) is 24.1. The van der Waals surface area contributed by atoms with Crippen molar-refractivity contribution in [3.63, 3.8) is 0 Å². The summed E-state index contributed by atoms with van der Waals surface area (Å²) in [6, 6.07) is 18.6. The van der Waals surface area contributed by atoms with E-state index in [1.807, 2.05) is 67.5 Å². The fourth-order valence-corrected chi connectivity index (χ4v) is 5.04. The zero-order valence-corrected chi connectivity index (χ0v) is 20.2. The summed E-state index contributed by atoms with van der Waals surface area (Å²) < 4.78 is 11.2. The molecule has 1 aliphatic heterocycles. The Balaban J connectivity index is 1.76. The van der Waals surface area contributed by atoms with Gasteiger partial charge in [-0.3, -0.25) is 9.78 Å². The molecule has 0 spiro atoms. The van der Waals surface area contributed by atoms with Gasteiger partial charge in [0.25, 0.3) is 5.91 Å². The Labute approximate surface area is 203 Å². The molecule has 0 radical (unpaired) electrons. The maximum Gasteiger partial charge on any atom is 0.340 e. The van der Waals surface area contributed by atoms with Crippen LogP contribution >= 0.6 is 11.8 Å². The second-order valence-corrected chi connectivity index (χ2v) is 9.32. The maximum absolute atomic E-state index is 14.0. The minimum absolute atomic E-state index is 0.252. The van der Waals surface area contributed by atoms with Crippen molar-refractivity contribution in [2.45, 2.75) is 16.2 Å². The molecule has 34 heavy (non-hydrogen) atoms. The molecule has 1 aliphatic rings. The van der Waals surface area contributed by atoms with Crippen LogP contribution in [0.1, 0.15) is 21.2 Å². The number of esters is 1. The van der Waals surface area contributed by atoms with Crippen molar-refractivity contribution in [3.05, 3.63) is 84.2 Å². The van der Waals surface area contributed by atoms with E-state index >= 15 is 0 Å². The lowest BCUT2D eigenvalue weighted by atomic mass is 10.1. The summed E-state index contributed by atoms with van der Waals surface area (Å²) in [4.78, 5) is 35.7. The van der Waals surface area contributed by atoms with Gasteiger partial charge in [-0.05, 0) is 56.1 Å². The van der Waals surface area contributed by atoms with Crippen molar-refractivity contribution in [2.75, 3.05) is 39.2 Å². The molecule has 2 heterocycles. The van der Waals surface area contributed by atoms with Gasteiger partial charge in [-0.25, -0.2) is 4.79 Å². The van der Waals surface area contributed by atoms with Crippen LogP contribution in [0, 0.1) is 0 Å². The van der Waals surface area contributed by atoms with Gasteiger partial charge in [-0.15, -0.1) is 11.8 Å². The summed E-state index contributed by atoms with van der Waals surface area (Å²) in [5, 5.41) is -0.440. The third-order valence-electron chi connectivity index (χ3n) is 5.54. The SMILES string of the molecule is COc1ccc([C@@H]2Sc3ccccc3N(CCN(C)C)C(=O)[C@@H]2OC(=O)c2cccnc2)cc1. The molecule has 0 aliphatic carbocycles. The number of methoxy groups -OCH3 is 1. The smallest absolute Gasteiger partial charge is 0.340 e. The number of benzene rings is 2. The van der Waals surface area contributed by atoms with Gasteiger partial charge >= 0.3 is 5.97 Å². The third kappa shape index (κ3) is 5.24. The molecule has 4 rings (SSSR count). The highest BCUT2D eigenvalue weighted by molar-refractivity contribution is 7.99. The van der Waals surface area contributed by atoms with E-state index in [4.69, 9.17) is 9.47 Å². The Morgan fingerprint density at radius 3 is 2.53 bits per heavy atom. The van der Waals surface area contributed by atoms with E-state index in [9.17, 15) is 9.59 Å². The van der Waals surface area contributed by atoms with Gasteiger partial charge in [0.15, 0.2) is 6.10 Å². The van der Waals surface area contributed by atoms with Crippen molar-refractivity contribution >= 4 is 29.3 Å². The van der Waals surface area contributed by atoms with Gasteiger partial charge < -0.3 is 19.3 Å². The number of carbonyl (C=O) groups is 2. The van der Waals surface area contributed by atoms with Crippen molar-refractivity contribution in [2.24, 2.45) is 0 Å². The lowest BCUT2D eigenvalue weighted by Gasteiger charge is -2.28. The molecule has 2 atom stereocenters. The summed E-state index contributed by atoms with van der Waals surface area (Å²) in [6.07, 6.45) is 2.00. The van der Waals surface area contributed by atoms with Crippen molar-refractivity contribution in [1.82, 2.24) is 9.88 Å². The largest absolute Gasteiger partial charge is 0.497 e. The molecule has 8 heteroatoms. The molecule has 7 nitrogen and oxygen atoms in total. The number of para-hydroxylation sites is 1. The molecular formula is C26H27N3O4S. The van der Waals surface area contributed by atoms with Crippen LogP contribution in [-0.2, 0) is 9.53 Å². The van der Waals surface area contributed by atoms with Gasteiger partial charge in [-0.2, -0.15) is 0 Å². The fraction of sp³-hybridized carbons (Fsp3) is 0.269. The van der Waals surface area contributed by atoms with Gasteiger partial charge in [0.1, 0.15) is 5.75 Å². The molecule has 0 fully saturated rings. The molecule has 0 saturated heterocycles. The minimum Gasteiger partial charge on any atom is -0.497 e. The molecule has 2 aromatic carbocycles. The monoisotopic (exact) mass is 477 g/mol. The highest BCUT2D eigenvalue weighted by Gasteiger charge is 2.41. The summed E-state index contributed by atoms with van der Waals surface area (Å²) >= 11 is 1.52. The number of anilines is 1. The van der Waals surface area contributed by atoms with Crippen LogP contribution in [-0.4, -0.2) is 62.2 Å². The van der Waals surface area contributed by atoms with Crippen molar-refractivity contribution in [1.29, 1.82) is 0 Å². The Bertz CT molecular complexity index is 1140. The maximum atomic E-state index is 14.0. The van der Waals surface area contributed by atoms with E-state index in [2.05, 4.69) is 4.98 Å². The molecule has 0 saturated carbocycles. The van der Waals surface area contributed by atoms with E-state index in [0.717, 1.165) is 16.1 Å². The average Bonchev–Trinajstić information content (AvgIpc) is 2.98. The second kappa shape index (κ2) is 10.7. The highest BCUT2D eigenvalue weighted by Crippen LogP contribution is 2.47. The Hall–Kier alpha value is -3.36. The minimum atomic E-state index is -1.03. The molecule has 1 amide bonds. The van der Waals surface area contributed by atoms with Gasteiger partial charge in [0.2, 0.25) is 0 Å². The van der Waals surface area contributed by atoms with E-state index in [1.165, 1.54) is 18.0 Å². The molecule has 0 unspecified atom stereocenters. The Morgan fingerprint density at radius 2 is 1.85 bits per heavy atom. The zero-order valence-electron chi connectivity index (χ0n) is 19.4. The summed E-state index contributed by atoms with van der Waals surface area (Å²) in [5.74, 6) is -0.118. The van der Waals surface area contributed by atoms with Crippen molar-refractivity contribution < 1.29 is 19.1 Å². The summed E-state index contributed by atoms with van der Waals surface area (Å²) in [5.41, 5.74) is 1.99. The van der Waals surface area contributed by atoms with E-state index in [1.54, 1.807) is 30.3 Å². The highest BCUT2D eigenvalue weighted by atomic mass is 32.2. The number of thioether (sulfide) groups is 1. The average molecular weight is 478 g/mol. The molecule has 1 aromatic heterocycles. The number of rotatable bonds is 7. The molecular weight excluding hydrogens is 450 g/mol. The summed E-state index contributed by atoms with van der Waals surface area (Å²) in [6.45, 7) is 1.14. The van der Waals surface area contributed by atoms with E-state index in [0.29, 0.717) is 24.4 Å². The van der Waals surface area contributed by atoms with Gasteiger partial charge in [-0.1, -0.05) is 24.3 Å². The Morgan fingerprint density at radius 1 is 1.09 bits per heavy atom. The number of amides is 1. The molecule has 0 bridgehead atoms. The number of hydrogen-bond donors (Lipinski definition) is 0. The van der Waals surface area contributed by atoms with Crippen molar-refractivity contribution in [3.8, 4) is 5.75 Å². The lowest BCUT2D eigenvalue weighted by Crippen LogP contribution is -2.45. The van der Waals surface area contributed by atoms with Crippen LogP contribution in [0.4, 0.5) is 5.69 Å². The number of carbonyl (C=O) groups excluding carboxylic acids is 2.